The highest BCUT2D eigenvalue weighted by Crippen LogP contribution is 2.33. The van der Waals surface area contributed by atoms with Gasteiger partial charge in [0.1, 0.15) is 6.61 Å². The van der Waals surface area contributed by atoms with Crippen molar-refractivity contribution in [2.45, 2.75) is 19.0 Å². The Hall–Kier alpha value is -0.980. The number of aliphatic hydroxyl groups excluding tert-OH is 1. The lowest BCUT2D eigenvalue weighted by atomic mass is 9.98. The minimum absolute atomic E-state index is 0.0489. The van der Waals surface area contributed by atoms with Crippen LogP contribution in [0.1, 0.15) is 12.8 Å². The van der Waals surface area contributed by atoms with Crippen molar-refractivity contribution in [2.24, 2.45) is 5.92 Å². The van der Waals surface area contributed by atoms with Gasteiger partial charge in [0.15, 0.2) is 0 Å². The summed E-state index contributed by atoms with van der Waals surface area (Å²) in [5, 5.41) is 8.42. The predicted octanol–water partition coefficient (Wildman–Crippen LogP) is 1.39. The summed E-state index contributed by atoms with van der Waals surface area (Å²) < 4.78 is 41.8. The van der Waals surface area contributed by atoms with Crippen LogP contribution in [0.25, 0.3) is 0 Å². The molecule has 1 N–H and O–H groups in total. The largest absolute Gasteiger partial charge is 0.447 e. The molecular weight excluding hydrogens is 227 g/mol. The van der Waals surface area contributed by atoms with Gasteiger partial charge in [0, 0.05) is 13.1 Å². The fraction of sp³-hybridized carbons (Fsp3) is 0.889. The average Bonchev–Trinajstić information content (AvgIpc) is 2.25. The fourth-order valence-corrected chi connectivity index (χ4v) is 1.63. The van der Waals surface area contributed by atoms with E-state index in [4.69, 9.17) is 5.11 Å². The lowest BCUT2D eigenvalue weighted by molar-refractivity contribution is -0.184. The number of halogens is 3. The van der Waals surface area contributed by atoms with Crippen LogP contribution in [0.2, 0.25) is 0 Å². The van der Waals surface area contributed by atoms with Crippen molar-refractivity contribution in [3.63, 3.8) is 0 Å². The number of carbonyl (C=O) groups is 1. The Morgan fingerprint density at radius 3 is 2.75 bits per heavy atom. The summed E-state index contributed by atoms with van der Waals surface area (Å²) in [6, 6.07) is 0. The molecule has 94 valence electrons. The predicted molar refractivity (Wildman–Crippen MR) is 48.8 cm³/mol. The molecule has 1 rings (SSSR count). The number of hydrogen-bond donors (Lipinski definition) is 1. The summed E-state index contributed by atoms with van der Waals surface area (Å²) in [5.41, 5.74) is 0. The highest BCUT2D eigenvalue weighted by Gasteiger charge is 2.42. The van der Waals surface area contributed by atoms with Crippen molar-refractivity contribution < 1.29 is 27.8 Å². The van der Waals surface area contributed by atoms with Crippen molar-refractivity contribution in [2.75, 3.05) is 26.3 Å². The van der Waals surface area contributed by atoms with Crippen LogP contribution >= 0.6 is 0 Å². The average molecular weight is 241 g/mol. The van der Waals surface area contributed by atoms with Crippen LogP contribution in [-0.4, -0.2) is 48.6 Å². The van der Waals surface area contributed by atoms with Crippen molar-refractivity contribution in [1.82, 2.24) is 4.90 Å². The highest BCUT2D eigenvalue weighted by molar-refractivity contribution is 5.67. The second kappa shape index (κ2) is 5.38. The Kier molecular flexibility index (Phi) is 4.40. The molecule has 1 unspecified atom stereocenters. The number of alkyl halides is 3. The lowest BCUT2D eigenvalue weighted by Crippen LogP contribution is -2.45. The van der Waals surface area contributed by atoms with Gasteiger partial charge >= 0.3 is 12.3 Å². The smallest absolute Gasteiger partial charge is 0.409 e. The standard InChI is InChI=1S/C9H14F3NO3/c10-9(11,12)7-2-1-3-13(6-7)8(15)16-5-4-14/h7,14H,1-6H2. The van der Waals surface area contributed by atoms with Gasteiger partial charge in [-0.25, -0.2) is 4.79 Å². The first-order valence-corrected chi connectivity index (χ1v) is 5.04. The van der Waals surface area contributed by atoms with E-state index < -0.39 is 18.2 Å². The van der Waals surface area contributed by atoms with Gasteiger partial charge in [0.2, 0.25) is 0 Å². The van der Waals surface area contributed by atoms with E-state index in [2.05, 4.69) is 4.74 Å². The number of amides is 1. The van der Waals surface area contributed by atoms with E-state index in [9.17, 15) is 18.0 Å². The Morgan fingerprint density at radius 1 is 1.50 bits per heavy atom. The van der Waals surface area contributed by atoms with E-state index in [1.54, 1.807) is 0 Å². The van der Waals surface area contributed by atoms with Crippen molar-refractivity contribution in [3.05, 3.63) is 0 Å². The SMILES string of the molecule is O=C(OCCO)N1CCCC(C(F)(F)F)C1. The number of carbonyl (C=O) groups excluding carboxylic acids is 1. The van der Waals surface area contributed by atoms with Gasteiger partial charge in [-0.2, -0.15) is 13.2 Å². The Bertz CT molecular complexity index is 245. The molecule has 0 bridgehead atoms. The van der Waals surface area contributed by atoms with E-state index in [0.717, 1.165) is 4.90 Å². The molecule has 1 aliphatic rings. The van der Waals surface area contributed by atoms with E-state index in [1.807, 2.05) is 0 Å². The van der Waals surface area contributed by atoms with E-state index in [-0.39, 0.29) is 32.7 Å². The molecule has 0 aromatic rings. The molecular formula is C9H14F3NO3. The number of rotatable bonds is 2. The maximum absolute atomic E-state index is 12.4. The molecule has 1 heterocycles. The molecule has 4 nitrogen and oxygen atoms in total. The minimum atomic E-state index is -4.27. The molecule has 7 heteroatoms. The zero-order valence-electron chi connectivity index (χ0n) is 8.66. The van der Waals surface area contributed by atoms with Crippen molar-refractivity contribution in [1.29, 1.82) is 0 Å². The van der Waals surface area contributed by atoms with Gasteiger partial charge in [-0.3, -0.25) is 0 Å². The Balaban J connectivity index is 2.47. The molecule has 0 radical (unpaired) electrons. The summed E-state index contributed by atoms with van der Waals surface area (Å²) in [6.45, 7) is -0.598. The van der Waals surface area contributed by atoms with Crippen LogP contribution in [0.15, 0.2) is 0 Å². The molecule has 0 spiro atoms. The minimum Gasteiger partial charge on any atom is -0.447 e. The second-order valence-corrected chi connectivity index (χ2v) is 3.66. The number of ether oxygens (including phenoxy) is 1. The second-order valence-electron chi connectivity index (χ2n) is 3.66. The van der Waals surface area contributed by atoms with Gasteiger partial charge in [0.05, 0.1) is 12.5 Å². The third-order valence-corrected chi connectivity index (χ3v) is 2.46. The molecule has 1 saturated heterocycles. The maximum atomic E-state index is 12.4. The number of likely N-dealkylation sites (tertiary alicyclic amines) is 1. The summed E-state index contributed by atoms with van der Waals surface area (Å²) in [5.74, 6) is -1.47. The summed E-state index contributed by atoms with van der Waals surface area (Å²) in [7, 11) is 0. The summed E-state index contributed by atoms with van der Waals surface area (Å²) in [6.07, 6.45) is -4.69. The monoisotopic (exact) mass is 241 g/mol. The van der Waals surface area contributed by atoms with Crippen LogP contribution in [0, 0.1) is 5.92 Å². The zero-order valence-corrected chi connectivity index (χ0v) is 8.66. The van der Waals surface area contributed by atoms with Crippen LogP contribution in [0.3, 0.4) is 0 Å². The molecule has 0 saturated carbocycles. The van der Waals surface area contributed by atoms with Gasteiger partial charge in [-0.05, 0) is 12.8 Å². The normalized spacial score (nSPS) is 22.0. The van der Waals surface area contributed by atoms with Crippen LogP contribution in [0.5, 0.6) is 0 Å². The summed E-state index contributed by atoms with van der Waals surface area (Å²) in [4.78, 5) is 12.3. The number of hydrogen-bond acceptors (Lipinski definition) is 3. The first-order valence-electron chi connectivity index (χ1n) is 5.04. The van der Waals surface area contributed by atoms with Gasteiger partial charge < -0.3 is 14.7 Å². The molecule has 0 aromatic carbocycles. The Labute approximate surface area is 91.0 Å². The topological polar surface area (TPSA) is 49.8 Å². The van der Waals surface area contributed by atoms with E-state index in [0.29, 0.717) is 6.42 Å². The molecule has 1 amide bonds. The van der Waals surface area contributed by atoms with Gasteiger partial charge in [-0.15, -0.1) is 0 Å². The Morgan fingerprint density at radius 2 is 2.19 bits per heavy atom. The van der Waals surface area contributed by atoms with E-state index >= 15 is 0 Å². The van der Waals surface area contributed by atoms with Crippen molar-refractivity contribution >= 4 is 6.09 Å². The number of aliphatic hydroxyl groups is 1. The first kappa shape index (κ1) is 13.1. The summed E-state index contributed by atoms with van der Waals surface area (Å²) >= 11 is 0. The number of piperidine rings is 1. The maximum Gasteiger partial charge on any atom is 0.409 e. The zero-order chi connectivity index (χ0) is 12.2. The third-order valence-electron chi connectivity index (χ3n) is 2.46. The molecule has 1 fully saturated rings. The van der Waals surface area contributed by atoms with Crippen molar-refractivity contribution in [3.8, 4) is 0 Å². The molecule has 16 heavy (non-hydrogen) atoms. The van der Waals surface area contributed by atoms with Crippen LogP contribution in [-0.2, 0) is 4.74 Å². The van der Waals surface area contributed by atoms with Crippen LogP contribution < -0.4 is 0 Å². The number of nitrogens with zero attached hydrogens (tertiary/aromatic N) is 1. The van der Waals surface area contributed by atoms with Gasteiger partial charge in [0.25, 0.3) is 0 Å². The first-order chi connectivity index (χ1) is 7.45. The van der Waals surface area contributed by atoms with Crippen LogP contribution in [0.4, 0.5) is 18.0 Å². The van der Waals surface area contributed by atoms with E-state index in [1.165, 1.54) is 0 Å². The third kappa shape index (κ3) is 3.55. The molecule has 1 atom stereocenters. The molecule has 1 aliphatic heterocycles. The quantitative estimate of drug-likeness (QED) is 0.794. The highest BCUT2D eigenvalue weighted by atomic mass is 19.4. The molecule has 0 aromatic heterocycles. The lowest BCUT2D eigenvalue weighted by Gasteiger charge is -2.32. The van der Waals surface area contributed by atoms with Gasteiger partial charge in [-0.1, -0.05) is 0 Å². The molecule has 0 aliphatic carbocycles. The fourth-order valence-electron chi connectivity index (χ4n) is 1.63.